The maximum absolute atomic E-state index is 13.1. The first-order valence-corrected chi connectivity index (χ1v) is 11.5. The van der Waals surface area contributed by atoms with Crippen LogP contribution in [0, 0.1) is 5.92 Å². The van der Waals surface area contributed by atoms with Gasteiger partial charge in [0.2, 0.25) is 5.91 Å². The molecule has 2 atom stereocenters. The van der Waals surface area contributed by atoms with Crippen molar-refractivity contribution in [1.29, 1.82) is 0 Å². The number of hydrogen-bond donors (Lipinski definition) is 3. The number of nitrogens with zero attached hydrogens (tertiary/aromatic N) is 1. The standard InChI is InChI=1S/C23H26N4O5S/c1-12-7-8-15-16(9-12)33-20(18(15)19(24)29)25-17(28)11-27-21(30)23(2,26-22(27)31)13-5-4-6-14(10-13)32-3/h4-6,10,12H,7-9,11H2,1-3H3,(H2,24,29)(H,25,28)(H,26,31)/t12-,23+/m0/s1. The van der Waals surface area contributed by atoms with Gasteiger partial charge in [0.15, 0.2) is 0 Å². The fourth-order valence-electron chi connectivity index (χ4n) is 4.38. The van der Waals surface area contributed by atoms with Crippen LogP contribution in [-0.2, 0) is 28.0 Å². The van der Waals surface area contributed by atoms with E-state index in [9.17, 15) is 19.2 Å². The Kier molecular flexibility index (Phi) is 5.87. The highest BCUT2D eigenvalue weighted by molar-refractivity contribution is 7.17. The topological polar surface area (TPSA) is 131 Å². The normalized spacial score (nSPS) is 22.0. The maximum Gasteiger partial charge on any atom is 0.325 e. The zero-order valence-electron chi connectivity index (χ0n) is 18.7. The van der Waals surface area contributed by atoms with Crippen molar-refractivity contribution < 1.29 is 23.9 Å². The number of imide groups is 1. The van der Waals surface area contributed by atoms with E-state index in [-0.39, 0.29) is 0 Å². The van der Waals surface area contributed by atoms with Crippen molar-refractivity contribution in [3.05, 3.63) is 45.8 Å². The Labute approximate surface area is 195 Å². The van der Waals surface area contributed by atoms with Crippen LogP contribution in [0.1, 0.15) is 46.6 Å². The summed E-state index contributed by atoms with van der Waals surface area (Å²) in [4.78, 5) is 52.6. The molecule has 1 aliphatic carbocycles. The van der Waals surface area contributed by atoms with Crippen LogP contribution in [0.3, 0.4) is 0 Å². The predicted octanol–water partition coefficient (Wildman–Crippen LogP) is 2.39. The number of methoxy groups -OCH3 is 1. The summed E-state index contributed by atoms with van der Waals surface area (Å²) in [5, 5.41) is 5.74. The quantitative estimate of drug-likeness (QED) is 0.558. The summed E-state index contributed by atoms with van der Waals surface area (Å²) in [5.74, 6) is -0.701. The average molecular weight is 471 g/mol. The second-order valence-corrected chi connectivity index (χ2v) is 9.75. The summed E-state index contributed by atoms with van der Waals surface area (Å²) in [6, 6.07) is 6.16. The molecule has 0 unspecified atom stereocenters. The van der Waals surface area contributed by atoms with Gasteiger partial charge in [-0.15, -0.1) is 11.3 Å². The third-order valence-electron chi connectivity index (χ3n) is 6.23. The Morgan fingerprint density at radius 2 is 2.12 bits per heavy atom. The Morgan fingerprint density at radius 3 is 2.82 bits per heavy atom. The molecule has 0 radical (unpaired) electrons. The number of amides is 5. The first kappa shape index (κ1) is 22.8. The van der Waals surface area contributed by atoms with E-state index >= 15 is 0 Å². The number of carbonyl (C=O) groups is 4. The minimum Gasteiger partial charge on any atom is -0.497 e. The number of primary amides is 1. The second kappa shape index (κ2) is 8.51. The van der Waals surface area contributed by atoms with E-state index in [0.717, 1.165) is 34.6 Å². The average Bonchev–Trinajstić information content (AvgIpc) is 3.23. The molecule has 0 bridgehead atoms. The zero-order valence-corrected chi connectivity index (χ0v) is 19.5. The molecule has 2 heterocycles. The molecule has 2 aromatic rings. The molecule has 4 rings (SSSR count). The van der Waals surface area contributed by atoms with E-state index in [1.54, 1.807) is 31.2 Å². The van der Waals surface area contributed by atoms with E-state index in [1.165, 1.54) is 18.4 Å². The van der Waals surface area contributed by atoms with Gasteiger partial charge in [-0.3, -0.25) is 19.3 Å². The van der Waals surface area contributed by atoms with Gasteiger partial charge >= 0.3 is 6.03 Å². The third-order valence-corrected chi connectivity index (χ3v) is 7.40. The first-order valence-electron chi connectivity index (χ1n) is 10.7. The molecule has 4 N–H and O–H groups in total. The molecular weight excluding hydrogens is 444 g/mol. The number of fused-ring (bicyclic) bond motifs is 1. The molecule has 1 aromatic carbocycles. The number of urea groups is 1. The van der Waals surface area contributed by atoms with E-state index < -0.39 is 35.8 Å². The molecule has 1 aliphatic heterocycles. The van der Waals surface area contributed by atoms with Gasteiger partial charge in [-0.2, -0.15) is 0 Å². The Morgan fingerprint density at radius 1 is 1.36 bits per heavy atom. The molecule has 9 nitrogen and oxygen atoms in total. The molecule has 0 saturated carbocycles. The third kappa shape index (κ3) is 4.06. The molecule has 2 aliphatic rings. The van der Waals surface area contributed by atoms with Gasteiger partial charge in [-0.05, 0) is 55.4 Å². The lowest BCUT2D eigenvalue weighted by atomic mass is 9.88. The lowest BCUT2D eigenvalue weighted by molar-refractivity contribution is -0.133. The molecular formula is C23H26N4O5S. The van der Waals surface area contributed by atoms with Crippen molar-refractivity contribution in [2.45, 2.75) is 38.6 Å². The molecule has 33 heavy (non-hydrogen) atoms. The van der Waals surface area contributed by atoms with Crippen LogP contribution in [-0.4, -0.2) is 42.3 Å². The van der Waals surface area contributed by atoms with Gasteiger partial charge in [0.25, 0.3) is 11.8 Å². The molecule has 1 aromatic heterocycles. The minimum atomic E-state index is -1.33. The summed E-state index contributed by atoms with van der Waals surface area (Å²) >= 11 is 1.33. The van der Waals surface area contributed by atoms with Crippen LogP contribution in [0.5, 0.6) is 5.75 Å². The second-order valence-electron chi connectivity index (χ2n) is 8.65. The molecule has 10 heteroatoms. The number of carbonyl (C=O) groups excluding carboxylic acids is 4. The largest absolute Gasteiger partial charge is 0.497 e. The highest BCUT2D eigenvalue weighted by Gasteiger charge is 2.49. The van der Waals surface area contributed by atoms with Crippen LogP contribution in [0.4, 0.5) is 9.80 Å². The van der Waals surface area contributed by atoms with Gasteiger partial charge in [0.05, 0.1) is 12.7 Å². The Balaban J connectivity index is 1.53. The summed E-state index contributed by atoms with van der Waals surface area (Å²) in [7, 11) is 1.51. The fraction of sp³-hybridized carbons (Fsp3) is 0.391. The number of benzene rings is 1. The Hall–Kier alpha value is -3.40. The van der Waals surface area contributed by atoms with Crippen LogP contribution in [0.15, 0.2) is 24.3 Å². The van der Waals surface area contributed by atoms with Crippen molar-refractivity contribution in [1.82, 2.24) is 10.2 Å². The van der Waals surface area contributed by atoms with Crippen molar-refractivity contribution in [2.24, 2.45) is 11.7 Å². The van der Waals surface area contributed by atoms with E-state index in [0.29, 0.717) is 27.8 Å². The summed E-state index contributed by atoms with van der Waals surface area (Å²) < 4.78 is 5.21. The van der Waals surface area contributed by atoms with E-state index in [2.05, 4.69) is 17.6 Å². The summed E-state index contributed by atoms with van der Waals surface area (Å²) in [6.07, 6.45) is 2.50. The van der Waals surface area contributed by atoms with Crippen molar-refractivity contribution in [2.75, 3.05) is 19.0 Å². The summed E-state index contributed by atoms with van der Waals surface area (Å²) in [6.45, 7) is 3.24. The number of rotatable bonds is 6. The van der Waals surface area contributed by atoms with Crippen molar-refractivity contribution >= 4 is 40.1 Å². The summed E-state index contributed by atoms with van der Waals surface area (Å²) in [5.41, 5.74) is 6.03. The number of thiophene rings is 1. The molecule has 174 valence electrons. The van der Waals surface area contributed by atoms with Gasteiger partial charge in [-0.25, -0.2) is 4.79 Å². The van der Waals surface area contributed by atoms with Crippen molar-refractivity contribution in [3.8, 4) is 5.75 Å². The first-order chi connectivity index (χ1) is 15.6. The minimum absolute atomic E-state index is 0.327. The van der Waals surface area contributed by atoms with E-state index in [4.69, 9.17) is 10.5 Å². The molecule has 1 fully saturated rings. The highest BCUT2D eigenvalue weighted by atomic mass is 32.1. The molecule has 5 amide bonds. The lowest BCUT2D eigenvalue weighted by Gasteiger charge is -2.22. The van der Waals surface area contributed by atoms with Crippen LogP contribution in [0.25, 0.3) is 0 Å². The SMILES string of the molecule is COc1cccc([C@@]2(C)NC(=O)N(CC(=O)Nc3sc4c(c3C(N)=O)CC[C@H](C)C4)C2=O)c1. The van der Waals surface area contributed by atoms with Crippen molar-refractivity contribution in [3.63, 3.8) is 0 Å². The smallest absolute Gasteiger partial charge is 0.325 e. The van der Waals surface area contributed by atoms with Gasteiger partial charge < -0.3 is 21.1 Å². The van der Waals surface area contributed by atoms with Gasteiger partial charge in [-0.1, -0.05) is 19.1 Å². The van der Waals surface area contributed by atoms with Gasteiger partial charge in [0, 0.05) is 4.88 Å². The number of nitrogens with two attached hydrogens (primary N) is 1. The predicted molar refractivity (Wildman–Crippen MR) is 123 cm³/mol. The number of anilines is 1. The fourth-order valence-corrected chi connectivity index (χ4v) is 5.81. The van der Waals surface area contributed by atoms with Crippen LogP contribution >= 0.6 is 11.3 Å². The monoisotopic (exact) mass is 470 g/mol. The number of ether oxygens (including phenoxy) is 1. The lowest BCUT2D eigenvalue weighted by Crippen LogP contribution is -2.42. The zero-order chi connectivity index (χ0) is 23.9. The Bertz CT molecular complexity index is 1160. The van der Waals surface area contributed by atoms with Gasteiger partial charge in [0.1, 0.15) is 22.8 Å². The molecule has 1 saturated heterocycles. The van der Waals surface area contributed by atoms with Crippen LogP contribution < -0.4 is 21.1 Å². The highest BCUT2D eigenvalue weighted by Crippen LogP contribution is 2.39. The van der Waals surface area contributed by atoms with E-state index in [1.807, 2.05) is 0 Å². The number of hydrogen-bond acceptors (Lipinski definition) is 6. The number of nitrogens with one attached hydrogen (secondary N) is 2. The maximum atomic E-state index is 13.1. The molecule has 0 spiro atoms. The van der Waals surface area contributed by atoms with Crippen LogP contribution in [0.2, 0.25) is 0 Å².